The third kappa shape index (κ3) is 4.30. The predicted octanol–water partition coefficient (Wildman–Crippen LogP) is 7.67. The molecule has 0 radical (unpaired) electrons. The molecule has 1 N–H and O–H groups in total. The van der Waals surface area contributed by atoms with Crippen LogP contribution in [0.4, 0.5) is 11.4 Å². The minimum Gasteiger partial charge on any atom is -0.472 e. The van der Waals surface area contributed by atoms with E-state index in [0.717, 1.165) is 55.9 Å². The zero-order valence-corrected chi connectivity index (χ0v) is 23.0. The van der Waals surface area contributed by atoms with E-state index in [1.807, 2.05) is 36.4 Å². The van der Waals surface area contributed by atoms with Crippen molar-refractivity contribution in [3.8, 4) is 0 Å². The molecule has 4 heteroatoms. The molecule has 38 heavy (non-hydrogen) atoms. The van der Waals surface area contributed by atoms with Gasteiger partial charge in [-0.2, -0.15) is 0 Å². The first-order chi connectivity index (χ1) is 18.2. The van der Waals surface area contributed by atoms with E-state index in [1.54, 1.807) is 0 Å². The first-order valence-electron chi connectivity index (χ1n) is 13.1. The number of carboxylic acid groups (broad SMARTS) is 1. The van der Waals surface area contributed by atoms with Gasteiger partial charge >= 0.3 is 11.8 Å². The van der Waals surface area contributed by atoms with Gasteiger partial charge < -0.3 is 5.11 Å². The van der Waals surface area contributed by atoms with Crippen LogP contribution in [0.15, 0.2) is 84.9 Å². The molecule has 0 amide bonds. The van der Waals surface area contributed by atoms with Crippen LogP contribution in [-0.2, 0) is 4.79 Å². The van der Waals surface area contributed by atoms with E-state index in [1.165, 1.54) is 0 Å². The number of benzene rings is 4. The fourth-order valence-electron chi connectivity index (χ4n) is 6.43. The van der Waals surface area contributed by atoms with Crippen LogP contribution in [0.2, 0.25) is 0 Å². The highest BCUT2D eigenvalue weighted by molar-refractivity contribution is 6.39. The number of aryl methyl sites for hydroxylation is 6. The molecule has 192 valence electrons. The molecule has 4 aromatic carbocycles. The molecule has 0 fully saturated rings. The van der Waals surface area contributed by atoms with Crippen LogP contribution in [0.3, 0.4) is 0 Å². The molecule has 1 heterocycles. The lowest BCUT2D eigenvalue weighted by Gasteiger charge is -2.26. The molecule has 0 saturated carbocycles. The summed E-state index contributed by atoms with van der Waals surface area (Å²) in [4.78, 5) is 15.5. The molecule has 4 aromatic rings. The van der Waals surface area contributed by atoms with Crippen molar-refractivity contribution in [2.24, 2.45) is 0 Å². The van der Waals surface area contributed by atoms with Crippen molar-refractivity contribution < 1.29 is 14.5 Å². The van der Waals surface area contributed by atoms with Crippen molar-refractivity contribution in [3.05, 3.63) is 129 Å². The summed E-state index contributed by atoms with van der Waals surface area (Å²) in [5.74, 6) is -0.666. The summed E-state index contributed by atoms with van der Waals surface area (Å²) in [5, 5.41) is 11.0. The average Bonchev–Trinajstić information content (AvgIpc) is 3.19. The van der Waals surface area contributed by atoms with Crippen molar-refractivity contribution in [1.29, 1.82) is 0 Å². The quantitative estimate of drug-likeness (QED) is 0.284. The summed E-state index contributed by atoms with van der Waals surface area (Å²) >= 11 is 0. The zero-order chi connectivity index (χ0) is 27.1. The Labute approximate surface area is 225 Å². The number of amidine groups is 1. The van der Waals surface area contributed by atoms with E-state index in [2.05, 4.69) is 99.5 Å². The molecule has 0 aromatic heterocycles. The van der Waals surface area contributed by atoms with Crippen LogP contribution in [0.5, 0.6) is 0 Å². The van der Waals surface area contributed by atoms with E-state index in [-0.39, 0.29) is 17.9 Å². The third-order valence-electron chi connectivity index (χ3n) is 7.54. The lowest BCUT2D eigenvalue weighted by atomic mass is 9.91. The number of hydrogen-bond donors (Lipinski definition) is 1. The standard InChI is InChI=1S/C34H34N2O2/c1-21-17-23(3)29(24(4)18-21)35-31(27-13-9-7-10-14-27)32(28-15-11-8-12-16-28)36(33(35)34(37)38)30-25(5)19-22(2)20-26(30)6/h7-20,31-32H,1-6H3/p+1. The third-order valence-corrected chi connectivity index (χ3v) is 7.54. The molecule has 2 unspecified atom stereocenters. The highest BCUT2D eigenvalue weighted by atomic mass is 16.4. The lowest BCUT2D eigenvalue weighted by molar-refractivity contribution is -0.485. The molecule has 1 aliphatic heterocycles. The first-order valence-corrected chi connectivity index (χ1v) is 13.1. The van der Waals surface area contributed by atoms with Crippen molar-refractivity contribution in [2.75, 3.05) is 4.90 Å². The van der Waals surface area contributed by atoms with Gasteiger partial charge in [-0.15, -0.1) is 0 Å². The van der Waals surface area contributed by atoms with E-state index >= 15 is 0 Å². The Kier molecular flexibility index (Phi) is 6.66. The van der Waals surface area contributed by atoms with Crippen LogP contribution in [0.25, 0.3) is 0 Å². The molecule has 0 spiro atoms. The molecule has 4 nitrogen and oxygen atoms in total. The zero-order valence-electron chi connectivity index (χ0n) is 23.0. The second kappa shape index (κ2) is 9.94. The van der Waals surface area contributed by atoms with Gasteiger partial charge in [0.1, 0.15) is 11.4 Å². The predicted molar refractivity (Wildman–Crippen MR) is 155 cm³/mol. The van der Waals surface area contributed by atoms with Gasteiger partial charge in [-0.1, -0.05) is 96.1 Å². The highest BCUT2D eigenvalue weighted by Gasteiger charge is 2.55. The summed E-state index contributed by atoms with van der Waals surface area (Å²) in [6.45, 7) is 12.5. The van der Waals surface area contributed by atoms with Crippen molar-refractivity contribution in [1.82, 2.24) is 0 Å². The number of hydrogen-bond acceptors (Lipinski definition) is 2. The molecule has 1 aliphatic rings. The van der Waals surface area contributed by atoms with E-state index in [9.17, 15) is 9.90 Å². The Morgan fingerprint density at radius 3 is 1.61 bits per heavy atom. The Bertz CT molecular complexity index is 1510. The number of carboxylic acids is 1. The van der Waals surface area contributed by atoms with Crippen molar-refractivity contribution >= 4 is 23.2 Å². The monoisotopic (exact) mass is 503 g/mol. The summed E-state index contributed by atoms with van der Waals surface area (Å²) in [6, 6.07) is 28.7. The first kappa shape index (κ1) is 25.5. The fourth-order valence-corrected chi connectivity index (χ4v) is 6.43. The molecule has 2 atom stereocenters. The minimum atomic E-state index is -0.942. The number of anilines is 1. The van der Waals surface area contributed by atoms with Gasteiger partial charge in [0.25, 0.3) is 0 Å². The van der Waals surface area contributed by atoms with E-state index < -0.39 is 5.97 Å². The SMILES string of the molecule is Cc1cc(C)c(N2C(C(=O)O)=[N+](c3c(C)cc(C)cc3C)C(c3ccccc3)C2c2ccccc2)c(C)c1. The maximum atomic E-state index is 13.4. The maximum absolute atomic E-state index is 13.4. The molecular formula is C34H35N2O2+. The van der Waals surface area contributed by atoms with Gasteiger partial charge in [0.2, 0.25) is 0 Å². The van der Waals surface area contributed by atoms with E-state index in [0.29, 0.717) is 0 Å². The second-order valence-corrected chi connectivity index (χ2v) is 10.6. The summed E-state index contributed by atoms with van der Waals surface area (Å²) < 4.78 is 2.08. The van der Waals surface area contributed by atoms with Gasteiger partial charge in [0, 0.05) is 11.1 Å². The second-order valence-electron chi connectivity index (χ2n) is 10.6. The van der Waals surface area contributed by atoms with Crippen LogP contribution >= 0.6 is 0 Å². The summed E-state index contributed by atoms with van der Waals surface area (Å²) in [5.41, 5.74) is 10.6. The van der Waals surface area contributed by atoms with Crippen LogP contribution < -0.4 is 4.90 Å². The number of carbonyl (C=O) groups is 1. The maximum Gasteiger partial charge on any atom is 0.419 e. The van der Waals surface area contributed by atoms with Crippen molar-refractivity contribution in [2.45, 2.75) is 53.6 Å². The fraction of sp³-hybridized carbons (Fsp3) is 0.235. The summed E-state index contributed by atoms with van der Waals surface area (Å²) in [7, 11) is 0. The van der Waals surface area contributed by atoms with Gasteiger partial charge in [0.05, 0.1) is 0 Å². The molecule has 0 bridgehead atoms. The molecular weight excluding hydrogens is 468 g/mol. The van der Waals surface area contributed by atoms with Gasteiger partial charge in [-0.25, -0.2) is 14.3 Å². The average molecular weight is 504 g/mol. The Morgan fingerprint density at radius 2 is 1.13 bits per heavy atom. The number of nitrogens with zero attached hydrogens (tertiary/aromatic N) is 2. The smallest absolute Gasteiger partial charge is 0.419 e. The van der Waals surface area contributed by atoms with Crippen LogP contribution in [-0.4, -0.2) is 21.5 Å². The van der Waals surface area contributed by atoms with Gasteiger partial charge in [-0.05, 0) is 63.8 Å². The van der Waals surface area contributed by atoms with Crippen molar-refractivity contribution in [3.63, 3.8) is 0 Å². The largest absolute Gasteiger partial charge is 0.472 e. The molecule has 0 saturated heterocycles. The Balaban J connectivity index is 1.95. The minimum absolute atomic E-state index is 0.259. The molecule has 0 aliphatic carbocycles. The molecule has 5 rings (SSSR count). The normalized spacial score (nSPS) is 17.3. The Hall–Kier alpha value is -4.18. The van der Waals surface area contributed by atoms with Gasteiger partial charge in [-0.3, -0.25) is 0 Å². The van der Waals surface area contributed by atoms with Crippen LogP contribution in [0, 0.1) is 41.5 Å². The lowest BCUT2D eigenvalue weighted by Crippen LogP contribution is -2.38. The van der Waals surface area contributed by atoms with Gasteiger partial charge in [0.15, 0.2) is 12.1 Å². The number of rotatable bonds is 5. The highest BCUT2D eigenvalue weighted by Crippen LogP contribution is 2.49. The van der Waals surface area contributed by atoms with E-state index in [4.69, 9.17) is 0 Å². The summed E-state index contributed by atoms with van der Waals surface area (Å²) in [6.07, 6.45) is 0. The Morgan fingerprint density at radius 1 is 0.684 bits per heavy atom. The topological polar surface area (TPSA) is 43.6 Å². The number of aliphatic carboxylic acids is 1. The van der Waals surface area contributed by atoms with Crippen LogP contribution in [0.1, 0.15) is 56.6 Å².